The van der Waals surface area contributed by atoms with Crippen molar-refractivity contribution in [1.82, 2.24) is 4.98 Å². The first-order chi connectivity index (χ1) is 21.3. The van der Waals surface area contributed by atoms with Crippen LogP contribution in [0.25, 0.3) is 62.5 Å². The molecule has 0 amide bonds. The predicted octanol–water partition coefficient (Wildman–Crippen LogP) is 12.1. The van der Waals surface area contributed by atoms with Gasteiger partial charge in [0.1, 0.15) is 5.01 Å². The van der Waals surface area contributed by atoms with Crippen LogP contribution in [0, 0.1) is 0 Å². The minimum atomic E-state index is 1.03. The van der Waals surface area contributed by atoms with E-state index in [4.69, 9.17) is 4.98 Å². The fraction of sp³-hybridized carbons (Fsp3) is 0. The summed E-state index contributed by atoms with van der Waals surface area (Å²) in [6, 6.07) is 52.3. The lowest BCUT2D eigenvalue weighted by Crippen LogP contribution is -2.09. The average Bonchev–Trinajstić information content (AvgIpc) is 3.69. The summed E-state index contributed by atoms with van der Waals surface area (Å²) < 4.78 is 3.86. The first-order valence-corrected chi connectivity index (χ1v) is 16.0. The Kier molecular flexibility index (Phi) is 5.58. The van der Waals surface area contributed by atoms with Crippen LogP contribution in [-0.2, 0) is 0 Å². The summed E-state index contributed by atoms with van der Waals surface area (Å²) in [7, 11) is 0. The molecule has 4 heteroatoms. The molecule has 7 aromatic carbocycles. The lowest BCUT2D eigenvalue weighted by Gasteiger charge is -2.26. The number of anilines is 3. The standard InChI is InChI=1S/C39H24N2S2/c1-2-12-26(13-3-1)41(28-21-22-36-34(24-28)31-17-8-9-20-35(31)42-36)27-14-10-11-25(23-27)39-40-37-32-18-6-4-15-29(32)30-16-5-7-19-33(30)38(37)43-39/h1-24H. The number of nitrogens with zero attached hydrogens (tertiary/aromatic N) is 2. The number of thiazole rings is 1. The monoisotopic (exact) mass is 584 g/mol. The Morgan fingerprint density at radius 2 is 1.05 bits per heavy atom. The topological polar surface area (TPSA) is 16.1 Å². The van der Waals surface area contributed by atoms with Crippen molar-refractivity contribution < 1.29 is 0 Å². The normalized spacial score (nSPS) is 11.7. The van der Waals surface area contributed by atoms with Gasteiger partial charge in [0.2, 0.25) is 0 Å². The highest BCUT2D eigenvalue weighted by molar-refractivity contribution is 7.25. The second-order valence-electron chi connectivity index (χ2n) is 10.8. The van der Waals surface area contributed by atoms with Crippen molar-refractivity contribution in [2.75, 3.05) is 4.90 Å². The van der Waals surface area contributed by atoms with E-state index in [9.17, 15) is 0 Å². The van der Waals surface area contributed by atoms with Crippen LogP contribution < -0.4 is 4.90 Å². The van der Waals surface area contributed by atoms with Crippen molar-refractivity contribution in [3.8, 4) is 10.6 Å². The van der Waals surface area contributed by atoms with Crippen LogP contribution in [-0.4, -0.2) is 4.98 Å². The van der Waals surface area contributed by atoms with E-state index in [2.05, 4.69) is 150 Å². The third-order valence-electron chi connectivity index (χ3n) is 8.26. The van der Waals surface area contributed by atoms with Gasteiger partial charge in [0, 0.05) is 53.6 Å². The van der Waals surface area contributed by atoms with Crippen LogP contribution in [0.1, 0.15) is 0 Å². The predicted molar refractivity (Wildman–Crippen MR) is 188 cm³/mol. The zero-order valence-corrected chi connectivity index (χ0v) is 24.7. The quantitative estimate of drug-likeness (QED) is 0.191. The second kappa shape index (κ2) is 9.77. The summed E-state index contributed by atoms with van der Waals surface area (Å²) in [5.41, 5.74) is 5.57. The Morgan fingerprint density at radius 1 is 0.419 bits per heavy atom. The van der Waals surface area contributed by atoms with E-state index in [1.54, 1.807) is 11.3 Å². The molecule has 0 aliphatic heterocycles. The molecule has 0 unspecified atom stereocenters. The van der Waals surface area contributed by atoms with E-state index >= 15 is 0 Å². The van der Waals surface area contributed by atoms with Gasteiger partial charge in [-0.2, -0.15) is 0 Å². The zero-order chi connectivity index (χ0) is 28.3. The van der Waals surface area contributed by atoms with E-state index in [0.717, 1.165) is 33.1 Å². The van der Waals surface area contributed by atoms with E-state index in [-0.39, 0.29) is 0 Å². The summed E-state index contributed by atoms with van der Waals surface area (Å²) in [5.74, 6) is 0. The van der Waals surface area contributed by atoms with Gasteiger partial charge in [0.15, 0.2) is 0 Å². The number of aromatic nitrogens is 1. The van der Waals surface area contributed by atoms with Crippen molar-refractivity contribution >= 4 is 91.7 Å². The molecule has 2 nitrogen and oxygen atoms in total. The number of thiophene rings is 1. The molecule has 0 fully saturated rings. The molecular weight excluding hydrogens is 561 g/mol. The molecule has 0 radical (unpaired) electrons. The Bertz CT molecular complexity index is 2400. The maximum absolute atomic E-state index is 5.28. The highest BCUT2D eigenvalue weighted by Gasteiger charge is 2.18. The van der Waals surface area contributed by atoms with Crippen LogP contribution >= 0.6 is 22.7 Å². The lowest BCUT2D eigenvalue weighted by molar-refractivity contribution is 1.29. The Balaban J connectivity index is 1.24. The number of benzene rings is 7. The third-order valence-corrected chi connectivity index (χ3v) is 10.5. The van der Waals surface area contributed by atoms with Gasteiger partial charge in [-0.05, 0) is 59.3 Å². The molecular formula is C39H24N2S2. The average molecular weight is 585 g/mol. The van der Waals surface area contributed by atoms with Gasteiger partial charge in [-0.15, -0.1) is 22.7 Å². The number of para-hydroxylation sites is 1. The van der Waals surface area contributed by atoms with Crippen molar-refractivity contribution in [2.45, 2.75) is 0 Å². The van der Waals surface area contributed by atoms with E-state index in [1.807, 2.05) is 11.3 Å². The molecule has 0 spiro atoms. The molecule has 0 aliphatic rings. The van der Waals surface area contributed by atoms with Gasteiger partial charge in [-0.3, -0.25) is 0 Å². The molecule has 2 heterocycles. The van der Waals surface area contributed by atoms with E-state index in [1.165, 1.54) is 46.4 Å². The fourth-order valence-corrected chi connectivity index (χ4v) is 8.51. The molecule has 0 aliphatic carbocycles. The van der Waals surface area contributed by atoms with Crippen molar-refractivity contribution in [3.63, 3.8) is 0 Å². The van der Waals surface area contributed by atoms with Gasteiger partial charge >= 0.3 is 0 Å². The first-order valence-electron chi connectivity index (χ1n) is 14.4. The van der Waals surface area contributed by atoms with Crippen molar-refractivity contribution in [1.29, 1.82) is 0 Å². The van der Waals surface area contributed by atoms with Gasteiger partial charge in [0.25, 0.3) is 0 Å². The SMILES string of the molecule is c1ccc(N(c2cccc(-c3nc4c5ccccc5c5ccccc5c4s3)c2)c2ccc3sc4ccccc4c3c2)cc1. The van der Waals surface area contributed by atoms with Crippen LogP contribution in [0.2, 0.25) is 0 Å². The first kappa shape index (κ1) is 24.6. The lowest BCUT2D eigenvalue weighted by atomic mass is 10.0. The number of hydrogen-bond donors (Lipinski definition) is 0. The van der Waals surface area contributed by atoms with Gasteiger partial charge < -0.3 is 4.90 Å². The molecule has 0 N–H and O–H groups in total. The van der Waals surface area contributed by atoms with Crippen LogP contribution in [0.3, 0.4) is 0 Å². The van der Waals surface area contributed by atoms with E-state index in [0.29, 0.717) is 0 Å². The Hall–Kier alpha value is -5.03. The molecule has 0 saturated carbocycles. The summed E-state index contributed by atoms with van der Waals surface area (Å²) in [6.45, 7) is 0. The Morgan fingerprint density at radius 3 is 1.88 bits per heavy atom. The molecule has 43 heavy (non-hydrogen) atoms. The molecule has 0 saturated heterocycles. The molecule has 9 rings (SSSR count). The molecule has 0 bridgehead atoms. The van der Waals surface area contributed by atoms with Gasteiger partial charge in [0.05, 0.1) is 10.2 Å². The smallest absolute Gasteiger partial charge is 0.124 e. The molecule has 0 atom stereocenters. The molecule has 2 aromatic heterocycles. The van der Waals surface area contributed by atoms with Crippen molar-refractivity contribution in [2.24, 2.45) is 0 Å². The van der Waals surface area contributed by atoms with E-state index < -0.39 is 0 Å². The maximum Gasteiger partial charge on any atom is 0.124 e. The summed E-state index contributed by atoms with van der Waals surface area (Å²) >= 11 is 3.63. The summed E-state index contributed by atoms with van der Waals surface area (Å²) in [6.07, 6.45) is 0. The molecule has 202 valence electrons. The van der Waals surface area contributed by atoms with Crippen molar-refractivity contribution in [3.05, 3.63) is 146 Å². The minimum Gasteiger partial charge on any atom is -0.310 e. The maximum atomic E-state index is 5.28. The highest BCUT2D eigenvalue weighted by Crippen LogP contribution is 2.43. The molecule has 9 aromatic rings. The van der Waals surface area contributed by atoms with Crippen LogP contribution in [0.5, 0.6) is 0 Å². The fourth-order valence-electron chi connectivity index (χ4n) is 6.30. The zero-order valence-electron chi connectivity index (χ0n) is 23.1. The summed E-state index contributed by atoms with van der Waals surface area (Å²) in [5, 5.41) is 8.63. The second-order valence-corrected chi connectivity index (χ2v) is 12.9. The summed E-state index contributed by atoms with van der Waals surface area (Å²) in [4.78, 5) is 7.63. The largest absolute Gasteiger partial charge is 0.310 e. The van der Waals surface area contributed by atoms with Crippen LogP contribution in [0.4, 0.5) is 17.1 Å². The number of fused-ring (bicyclic) bond motifs is 9. The third kappa shape index (κ3) is 3.95. The number of hydrogen-bond acceptors (Lipinski definition) is 4. The number of rotatable bonds is 4. The Labute approximate surface area is 256 Å². The van der Waals surface area contributed by atoms with Crippen LogP contribution in [0.15, 0.2) is 146 Å². The minimum absolute atomic E-state index is 1.03. The van der Waals surface area contributed by atoms with Gasteiger partial charge in [-0.25, -0.2) is 4.98 Å². The highest BCUT2D eigenvalue weighted by atomic mass is 32.1. The van der Waals surface area contributed by atoms with Gasteiger partial charge in [-0.1, -0.05) is 97.1 Å².